The molecule has 2 aromatic rings. The third-order valence-corrected chi connectivity index (χ3v) is 2.22. The van der Waals surface area contributed by atoms with Crippen LogP contribution in [-0.2, 0) is 0 Å². The van der Waals surface area contributed by atoms with Crippen molar-refractivity contribution in [3.63, 3.8) is 0 Å². The maximum atomic E-state index is 10.5. The highest BCUT2D eigenvalue weighted by Crippen LogP contribution is 2.14. The van der Waals surface area contributed by atoms with Crippen molar-refractivity contribution in [2.45, 2.75) is 0 Å². The molecule has 7 heteroatoms. The summed E-state index contributed by atoms with van der Waals surface area (Å²) in [6.45, 7) is 0. The van der Waals surface area contributed by atoms with Crippen LogP contribution in [0.1, 0.15) is 5.56 Å². The lowest BCUT2D eigenvalue weighted by Crippen LogP contribution is -2.09. The largest absolute Gasteiger partial charge is 0.384 e. The Bertz CT molecular complexity index is 573. The van der Waals surface area contributed by atoms with Gasteiger partial charge in [-0.15, -0.1) is 0 Å². The van der Waals surface area contributed by atoms with Gasteiger partial charge in [0.15, 0.2) is 0 Å². The van der Waals surface area contributed by atoms with Crippen LogP contribution >= 0.6 is 0 Å². The highest BCUT2D eigenvalue weighted by Gasteiger charge is 2.06. The first kappa shape index (κ1) is 10.8. The number of nitrogen functional groups attached to an aromatic ring is 1. The van der Waals surface area contributed by atoms with E-state index in [-0.39, 0.29) is 11.5 Å². The molecule has 2 rings (SSSR count). The van der Waals surface area contributed by atoms with Gasteiger partial charge >= 0.3 is 0 Å². The molecule has 0 atom stereocenters. The van der Waals surface area contributed by atoms with Gasteiger partial charge in [-0.05, 0) is 12.1 Å². The summed E-state index contributed by atoms with van der Waals surface area (Å²) in [7, 11) is 0. The molecule has 0 radical (unpaired) electrons. The van der Waals surface area contributed by atoms with Crippen molar-refractivity contribution in [1.29, 1.82) is 5.41 Å². The molecule has 0 aliphatic carbocycles. The van der Waals surface area contributed by atoms with Crippen LogP contribution < -0.4 is 5.73 Å². The molecule has 1 aromatic carbocycles. The van der Waals surface area contributed by atoms with Crippen LogP contribution in [0.2, 0.25) is 0 Å². The second-order valence-corrected chi connectivity index (χ2v) is 3.36. The fraction of sp³-hybridized carbons (Fsp3) is 0. The summed E-state index contributed by atoms with van der Waals surface area (Å²) in [6, 6.07) is 5.94. The van der Waals surface area contributed by atoms with E-state index in [1.165, 1.54) is 23.0 Å². The Morgan fingerprint density at radius 1 is 1.41 bits per heavy atom. The number of hydrogen-bond acceptors (Lipinski definition) is 4. The van der Waals surface area contributed by atoms with E-state index < -0.39 is 4.92 Å². The second kappa shape index (κ2) is 4.05. The van der Waals surface area contributed by atoms with Crippen molar-refractivity contribution >= 4 is 11.5 Å². The summed E-state index contributed by atoms with van der Waals surface area (Å²) < 4.78 is 1.50. The maximum Gasteiger partial charge on any atom is 0.269 e. The lowest BCUT2D eigenvalue weighted by molar-refractivity contribution is -0.384. The first-order valence-electron chi connectivity index (χ1n) is 4.72. The number of hydrogen-bond donors (Lipinski definition) is 2. The predicted octanol–water partition coefficient (Wildman–Crippen LogP) is 1.06. The summed E-state index contributed by atoms with van der Waals surface area (Å²) in [5.74, 6) is -0.0711. The van der Waals surface area contributed by atoms with Crippen LogP contribution in [0.5, 0.6) is 0 Å². The van der Waals surface area contributed by atoms with Crippen LogP contribution in [0.25, 0.3) is 5.69 Å². The van der Waals surface area contributed by atoms with Crippen molar-refractivity contribution < 1.29 is 4.92 Å². The van der Waals surface area contributed by atoms with Gasteiger partial charge in [-0.2, -0.15) is 5.10 Å². The number of non-ortho nitro benzene ring substituents is 1. The molecule has 17 heavy (non-hydrogen) atoms. The highest BCUT2D eigenvalue weighted by molar-refractivity contribution is 5.94. The Balaban J connectivity index is 2.33. The second-order valence-electron chi connectivity index (χ2n) is 3.36. The van der Waals surface area contributed by atoms with Gasteiger partial charge in [-0.3, -0.25) is 15.5 Å². The zero-order chi connectivity index (χ0) is 12.4. The van der Waals surface area contributed by atoms with Gasteiger partial charge < -0.3 is 5.73 Å². The number of nitro benzene ring substituents is 1. The van der Waals surface area contributed by atoms with E-state index >= 15 is 0 Å². The number of aromatic nitrogens is 2. The minimum absolute atomic E-state index is 0.0210. The highest BCUT2D eigenvalue weighted by atomic mass is 16.6. The number of nitrogens with two attached hydrogens (primary N) is 1. The fourth-order valence-electron chi connectivity index (χ4n) is 1.33. The lowest BCUT2D eigenvalue weighted by atomic mass is 10.3. The third-order valence-electron chi connectivity index (χ3n) is 2.22. The van der Waals surface area contributed by atoms with Crippen LogP contribution in [-0.4, -0.2) is 20.5 Å². The Kier molecular flexibility index (Phi) is 2.57. The fourth-order valence-corrected chi connectivity index (χ4v) is 1.33. The molecule has 3 N–H and O–H groups in total. The Hall–Kier alpha value is -2.70. The minimum atomic E-state index is -0.464. The van der Waals surface area contributed by atoms with E-state index in [2.05, 4.69) is 5.10 Å². The van der Waals surface area contributed by atoms with E-state index in [0.717, 1.165) is 0 Å². The summed E-state index contributed by atoms with van der Waals surface area (Å²) in [4.78, 5) is 10.0. The molecule has 1 heterocycles. The van der Waals surface area contributed by atoms with E-state index in [4.69, 9.17) is 11.1 Å². The average molecular weight is 231 g/mol. The summed E-state index contributed by atoms with van der Waals surface area (Å²) in [5, 5.41) is 21.7. The molecule has 0 aliphatic heterocycles. The zero-order valence-electron chi connectivity index (χ0n) is 8.70. The molecule has 0 spiro atoms. The van der Waals surface area contributed by atoms with Crippen LogP contribution in [0.3, 0.4) is 0 Å². The Morgan fingerprint density at radius 2 is 2.06 bits per heavy atom. The predicted molar refractivity (Wildman–Crippen MR) is 61.2 cm³/mol. The molecule has 1 aromatic heterocycles. The van der Waals surface area contributed by atoms with Crippen molar-refractivity contribution in [2.24, 2.45) is 5.73 Å². The van der Waals surface area contributed by atoms with Crippen molar-refractivity contribution in [3.05, 3.63) is 52.3 Å². The van der Waals surface area contributed by atoms with Gasteiger partial charge in [0, 0.05) is 18.3 Å². The number of benzene rings is 1. The molecular formula is C10H9N5O2. The summed E-state index contributed by atoms with van der Waals surface area (Å²) >= 11 is 0. The number of nitro groups is 1. The summed E-state index contributed by atoms with van der Waals surface area (Å²) in [5.41, 5.74) is 6.50. The van der Waals surface area contributed by atoms with Gasteiger partial charge in [0.1, 0.15) is 5.84 Å². The van der Waals surface area contributed by atoms with Crippen molar-refractivity contribution in [2.75, 3.05) is 0 Å². The minimum Gasteiger partial charge on any atom is -0.384 e. The van der Waals surface area contributed by atoms with Gasteiger partial charge in [-0.25, -0.2) is 4.68 Å². The van der Waals surface area contributed by atoms with Gasteiger partial charge in [-0.1, -0.05) is 0 Å². The molecule has 0 saturated carbocycles. The molecule has 0 fully saturated rings. The molecule has 0 aliphatic rings. The lowest BCUT2D eigenvalue weighted by Gasteiger charge is -1.99. The van der Waals surface area contributed by atoms with Gasteiger partial charge in [0.05, 0.1) is 22.4 Å². The van der Waals surface area contributed by atoms with Crippen molar-refractivity contribution in [1.82, 2.24) is 9.78 Å². The van der Waals surface area contributed by atoms with Crippen LogP contribution in [0.4, 0.5) is 5.69 Å². The topological polar surface area (TPSA) is 111 Å². The van der Waals surface area contributed by atoms with Gasteiger partial charge in [0.25, 0.3) is 5.69 Å². The molecule has 0 saturated heterocycles. The van der Waals surface area contributed by atoms with Gasteiger partial charge in [0.2, 0.25) is 0 Å². The monoisotopic (exact) mass is 231 g/mol. The van der Waals surface area contributed by atoms with E-state index in [9.17, 15) is 10.1 Å². The number of rotatable bonds is 3. The van der Waals surface area contributed by atoms with E-state index in [0.29, 0.717) is 11.3 Å². The number of nitrogens with one attached hydrogen (secondary N) is 1. The molecular weight excluding hydrogens is 222 g/mol. The normalized spacial score (nSPS) is 10.1. The summed E-state index contributed by atoms with van der Waals surface area (Å²) in [6.07, 6.45) is 3.05. The van der Waals surface area contributed by atoms with E-state index in [1.807, 2.05) is 0 Å². The molecule has 0 amide bonds. The molecule has 86 valence electrons. The standard InChI is InChI=1S/C10H9N5O2/c11-10(12)7-5-13-14(6-7)8-1-3-9(4-2-8)15(16)17/h1-6H,(H3,11,12). The Labute approximate surface area is 96.1 Å². The molecule has 0 unspecified atom stereocenters. The smallest absolute Gasteiger partial charge is 0.269 e. The molecule has 7 nitrogen and oxygen atoms in total. The number of amidine groups is 1. The Morgan fingerprint density at radius 3 is 2.53 bits per heavy atom. The van der Waals surface area contributed by atoms with E-state index in [1.54, 1.807) is 18.3 Å². The molecule has 0 bridgehead atoms. The SMILES string of the molecule is N=C(N)c1cnn(-c2ccc([N+](=O)[O-])cc2)c1. The zero-order valence-corrected chi connectivity index (χ0v) is 8.70. The van der Waals surface area contributed by atoms with Crippen LogP contribution in [0.15, 0.2) is 36.7 Å². The first-order chi connectivity index (χ1) is 8.08. The third kappa shape index (κ3) is 2.12. The quantitative estimate of drug-likeness (QED) is 0.356. The van der Waals surface area contributed by atoms with Crippen LogP contribution in [0, 0.1) is 15.5 Å². The maximum absolute atomic E-state index is 10.5. The number of nitrogens with zero attached hydrogens (tertiary/aromatic N) is 3. The average Bonchev–Trinajstić information content (AvgIpc) is 2.78. The van der Waals surface area contributed by atoms with Crippen molar-refractivity contribution in [3.8, 4) is 5.69 Å². The first-order valence-corrected chi connectivity index (χ1v) is 4.72.